The SMILES string of the molecule is NC(=O)[C@@H](O)[C@H](Br)CBr. The van der Waals surface area contributed by atoms with E-state index >= 15 is 0 Å². The van der Waals surface area contributed by atoms with Crippen molar-refractivity contribution in [3.63, 3.8) is 0 Å². The van der Waals surface area contributed by atoms with E-state index in [0.29, 0.717) is 5.33 Å². The van der Waals surface area contributed by atoms with E-state index < -0.39 is 12.0 Å². The van der Waals surface area contributed by atoms with Crippen LogP contribution in [0.15, 0.2) is 0 Å². The molecule has 0 aromatic heterocycles. The number of nitrogens with two attached hydrogens (primary N) is 1. The molecule has 0 aromatic carbocycles. The first-order chi connectivity index (χ1) is 4.09. The fourth-order valence-corrected chi connectivity index (χ4v) is 0.877. The molecule has 0 aliphatic heterocycles. The van der Waals surface area contributed by atoms with Crippen molar-refractivity contribution in [2.75, 3.05) is 5.33 Å². The average Bonchev–Trinajstić information content (AvgIpc) is 1.84. The molecule has 0 heterocycles. The van der Waals surface area contributed by atoms with Crippen LogP contribution in [-0.4, -0.2) is 27.3 Å². The van der Waals surface area contributed by atoms with Crippen LogP contribution in [0.3, 0.4) is 0 Å². The van der Waals surface area contributed by atoms with Gasteiger partial charge in [0.25, 0.3) is 0 Å². The summed E-state index contributed by atoms with van der Waals surface area (Å²) in [5.41, 5.74) is 4.77. The zero-order valence-corrected chi connectivity index (χ0v) is 7.72. The molecule has 3 N–H and O–H groups in total. The van der Waals surface area contributed by atoms with Crippen molar-refractivity contribution in [1.29, 1.82) is 0 Å². The Balaban J connectivity index is 3.72. The number of rotatable bonds is 3. The molecule has 0 radical (unpaired) electrons. The Morgan fingerprint density at radius 1 is 1.78 bits per heavy atom. The molecular weight excluding hydrogens is 254 g/mol. The summed E-state index contributed by atoms with van der Waals surface area (Å²) in [5, 5.41) is 9.34. The smallest absolute Gasteiger partial charge is 0.247 e. The molecule has 0 bridgehead atoms. The van der Waals surface area contributed by atoms with Crippen molar-refractivity contribution in [2.45, 2.75) is 10.9 Å². The summed E-state index contributed by atoms with van der Waals surface area (Å²) in [6.45, 7) is 0. The van der Waals surface area contributed by atoms with Crippen LogP contribution in [0.1, 0.15) is 0 Å². The van der Waals surface area contributed by atoms with Gasteiger partial charge in [-0.15, -0.1) is 0 Å². The molecule has 3 nitrogen and oxygen atoms in total. The molecule has 0 aliphatic rings. The summed E-state index contributed by atoms with van der Waals surface area (Å²) in [5.74, 6) is -0.712. The van der Waals surface area contributed by atoms with Crippen LogP contribution >= 0.6 is 31.9 Å². The first-order valence-electron chi connectivity index (χ1n) is 2.27. The Hall–Kier alpha value is 0.390. The number of primary amides is 1. The molecular formula is C4H7Br2NO2. The van der Waals surface area contributed by atoms with Gasteiger partial charge < -0.3 is 10.8 Å². The minimum atomic E-state index is -1.11. The second kappa shape index (κ2) is 4.24. The van der Waals surface area contributed by atoms with Gasteiger partial charge in [0.2, 0.25) is 5.91 Å². The van der Waals surface area contributed by atoms with E-state index in [0.717, 1.165) is 0 Å². The van der Waals surface area contributed by atoms with Crippen LogP contribution in [0.5, 0.6) is 0 Å². The zero-order valence-electron chi connectivity index (χ0n) is 4.55. The van der Waals surface area contributed by atoms with Crippen molar-refractivity contribution in [2.24, 2.45) is 5.73 Å². The molecule has 0 aromatic rings. The number of aliphatic hydroxyl groups is 1. The molecule has 5 heteroatoms. The monoisotopic (exact) mass is 259 g/mol. The summed E-state index contributed by atoms with van der Waals surface area (Å²) in [4.78, 5) is 9.92. The maximum Gasteiger partial charge on any atom is 0.247 e. The Labute approximate surface area is 69.9 Å². The molecule has 0 rings (SSSR count). The molecule has 0 saturated heterocycles. The van der Waals surface area contributed by atoms with Crippen LogP contribution in [0.2, 0.25) is 0 Å². The lowest BCUT2D eigenvalue weighted by atomic mass is 10.3. The van der Waals surface area contributed by atoms with E-state index in [2.05, 4.69) is 31.9 Å². The van der Waals surface area contributed by atoms with Gasteiger partial charge in [-0.1, -0.05) is 31.9 Å². The fourth-order valence-electron chi connectivity index (χ4n) is 0.263. The molecule has 9 heavy (non-hydrogen) atoms. The van der Waals surface area contributed by atoms with E-state index in [1.54, 1.807) is 0 Å². The van der Waals surface area contributed by atoms with Crippen molar-refractivity contribution >= 4 is 37.8 Å². The van der Waals surface area contributed by atoms with Gasteiger partial charge in [0.1, 0.15) is 6.10 Å². The third-order valence-electron chi connectivity index (χ3n) is 0.782. The normalized spacial score (nSPS) is 16.8. The van der Waals surface area contributed by atoms with E-state index in [-0.39, 0.29) is 4.83 Å². The highest BCUT2D eigenvalue weighted by Gasteiger charge is 2.19. The summed E-state index contributed by atoms with van der Waals surface area (Å²) >= 11 is 6.11. The Bertz CT molecular complexity index is 109. The quantitative estimate of drug-likeness (QED) is 0.702. The molecule has 1 amide bonds. The Kier molecular flexibility index (Phi) is 4.43. The van der Waals surface area contributed by atoms with Gasteiger partial charge in [-0.05, 0) is 0 Å². The lowest BCUT2D eigenvalue weighted by Crippen LogP contribution is -2.36. The predicted molar refractivity (Wildman–Crippen MR) is 41.7 cm³/mol. The number of aliphatic hydroxyl groups excluding tert-OH is 1. The molecule has 0 spiro atoms. The minimum Gasteiger partial charge on any atom is -0.382 e. The lowest BCUT2D eigenvalue weighted by Gasteiger charge is -2.09. The van der Waals surface area contributed by atoms with Gasteiger partial charge >= 0.3 is 0 Å². The number of hydrogen-bond donors (Lipinski definition) is 2. The van der Waals surface area contributed by atoms with Gasteiger partial charge in [0.05, 0.1) is 4.83 Å². The first kappa shape index (κ1) is 9.39. The second-order valence-electron chi connectivity index (χ2n) is 1.52. The Morgan fingerprint density at radius 3 is 2.33 bits per heavy atom. The lowest BCUT2D eigenvalue weighted by molar-refractivity contribution is -0.125. The zero-order chi connectivity index (χ0) is 7.44. The largest absolute Gasteiger partial charge is 0.382 e. The molecule has 0 saturated carbocycles. The molecule has 2 atom stereocenters. The highest BCUT2D eigenvalue weighted by atomic mass is 79.9. The van der Waals surface area contributed by atoms with Crippen molar-refractivity contribution in [1.82, 2.24) is 0 Å². The van der Waals surface area contributed by atoms with Crippen LogP contribution in [0.4, 0.5) is 0 Å². The van der Waals surface area contributed by atoms with Crippen LogP contribution in [0.25, 0.3) is 0 Å². The summed E-state index contributed by atoms with van der Waals surface area (Å²) < 4.78 is 0. The summed E-state index contributed by atoms with van der Waals surface area (Å²) in [7, 11) is 0. The topological polar surface area (TPSA) is 63.3 Å². The van der Waals surface area contributed by atoms with E-state index in [1.807, 2.05) is 0 Å². The van der Waals surface area contributed by atoms with Crippen LogP contribution in [0, 0.1) is 0 Å². The minimum absolute atomic E-state index is 0.296. The maximum atomic E-state index is 10.2. The van der Waals surface area contributed by atoms with E-state index in [1.165, 1.54) is 0 Å². The molecule has 54 valence electrons. The van der Waals surface area contributed by atoms with E-state index in [4.69, 9.17) is 10.8 Å². The Morgan fingerprint density at radius 2 is 2.22 bits per heavy atom. The third kappa shape index (κ3) is 3.17. The highest BCUT2D eigenvalue weighted by Crippen LogP contribution is 2.07. The second-order valence-corrected chi connectivity index (χ2v) is 3.34. The average molecular weight is 261 g/mol. The fraction of sp³-hybridized carbons (Fsp3) is 0.750. The van der Waals surface area contributed by atoms with Gasteiger partial charge in [-0.2, -0.15) is 0 Å². The number of amides is 1. The number of halogens is 2. The standard InChI is InChI=1S/C4H7Br2NO2/c5-1-2(6)3(8)4(7)9/h2-3,8H,1H2,(H2,7,9)/t2-,3+/m1/s1. The van der Waals surface area contributed by atoms with Gasteiger partial charge in [0.15, 0.2) is 0 Å². The number of alkyl halides is 2. The van der Waals surface area contributed by atoms with Gasteiger partial charge in [0, 0.05) is 5.33 Å². The molecule has 0 aliphatic carbocycles. The number of carbonyl (C=O) groups is 1. The highest BCUT2D eigenvalue weighted by molar-refractivity contribution is 9.12. The maximum absolute atomic E-state index is 10.2. The molecule has 0 unspecified atom stereocenters. The van der Waals surface area contributed by atoms with E-state index in [9.17, 15) is 4.79 Å². The third-order valence-corrected chi connectivity index (χ3v) is 3.17. The van der Waals surface area contributed by atoms with Crippen molar-refractivity contribution < 1.29 is 9.90 Å². The number of hydrogen-bond acceptors (Lipinski definition) is 2. The van der Waals surface area contributed by atoms with Crippen molar-refractivity contribution in [3.05, 3.63) is 0 Å². The van der Waals surface area contributed by atoms with Crippen molar-refractivity contribution in [3.8, 4) is 0 Å². The van der Waals surface area contributed by atoms with Crippen LogP contribution in [-0.2, 0) is 4.79 Å². The predicted octanol–water partition coefficient (Wildman–Crippen LogP) is -0.00900. The first-order valence-corrected chi connectivity index (χ1v) is 4.30. The van der Waals surface area contributed by atoms with Gasteiger partial charge in [-0.25, -0.2) is 0 Å². The number of carbonyl (C=O) groups excluding carboxylic acids is 1. The van der Waals surface area contributed by atoms with Crippen LogP contribution < -0.4 is 5.73 Å². The summed E-state index contributed by atoms with van der Waals surface area (Å²) in [6.07, 6.45) is -1.11. The van der Waals surface area contributed by atoms with Gasteiger partial charge in [-0.3, -0.25) is 4.79 Å². The summed E-state index contributed by atoms with van der Waals surface area (Å²) in [6, 6.07) is 0. The molecule has 0 fully saturated rings.